The monoisotopic (exact) mass is 214 g/mol. The van der Waals surface area contributed by atoms with Crippen molar-refractivity contribution in [3.63, 3.8) is 0 Å². The van der Waals surface area contributed by atoms with Gasteiger partial charge in [0.05, 0.1) is 0 Å². The van der Waals surface area contributed by atoms with Gasteiger partial charge in [0.1, 0.15) is 0 Å². The van der Waals surface area contributed by atoms with E-state index in [0.29, 0.717) is 0 Å². The van der Waals surface area contributed by atoms with E-state index in [1.54, 1.807) is 0 Å². The van der Waals surface area contributed by atoms with Gasteiger partial charge in [0.15, 0.2) is 0 Å². The summed E-state index contributed by atoms with van der Waals surface area (Å²) in [4.78, 5) is 33.1. The molecule has 0 heterocycles. The quantitative estimate of drug-likeness (QED) is 0.406. The van der Waals surface area contributed by atoms with Crippen LogP contribution in [0.2, 0.25) is 0 Å². The number of hydrogen-bond acceptors (Lipinski definition) is 5. The number of rotatable bonds is 0. The molecule has 2 N–H and O–H groups in total. The van der Waals surface area contributed by atoms with Crippen LogP contribution in [-0.4, -0.2) is 57.1 Å². The molecule has 0 saturated carbocycles. The molecule has 0 aliphatic carbocycles. The topological polar surface area (TPSA) is 119 Å². The second-order valence-electron chi connectivity index (χ2n) is 0.524. The Morgan fingerprint density at radius 3 is 1.12 bits per heavy atom. The summed E-state index contributed by atoms with van der Waals surface area (Å²) in [6.45, 7) is 0. The van der Waals surface area contributed by atoms with Gasteiger partial charge in [0, 0.05) is 0 Å². The molecule has 0 amide bonds. The molecular weight excluding hydrogens is 214 g/mol. The summed E-state index contributed by atoms with van der Waals surface area (Å²) in [5.41, 5.74) is 0. The average molecular weight is 216 g/mol. The van der Waals surface area contributed by atoms with E-state index in [2.05, 4.69) is 0 Å². The molecule has 0 aliphatic heterocycles. The third kappa shape index (κ3) is 104. The van der Waals surface area contributed by atoms with Crippen LogP contribution in [0.25, 0.3) is 0 Å². The summed E-state index contributed by atoms with van der Waals surface area (Å²) in [7, 11) is -5.36. The summed E-state index contributed by atoms with van der Waals surface area (Å²) in [5, 5.41) is 0. The molecule has 0 rings (SSSR count). The van der Waals surface area contributed by atoms with Crippen molar-refractivity contribution in [1.82, 2.24) is 0 Å². The first-order valence-corrected chi connectivity index (χ1v) is 2.51. The van der Waals surface area contributed by atoms with Crippen LogP contribution in [0.1, 0.15) is 0 Å². The standard InChI is InChI=1S/Ca.HO4Si.H2O.Zn/c;1-5(2,3)4;;/h;1H;1H2;/q+2;-3;;+2/p-1. The third-order valence-electron chi connectivity index (χ3n) is 0. The smallest absolute Gasteiger partial charge is 0.870 e. The molecular formula is H2CaO5SiZn. The molecule has 0 saturated heterocycles. The van der Waals surface area contributed by atoms with Gasteiger partial charge in [-0.1, -0.05) is 0 Å². The van der Waals surface area contributed by atoms with Gasteiger partial charge in [-0.3, -0.25) is 0 Å². The van der Waals surface area contributed by atoms with Crippen molar-refractivity contribution >= 4 is 46.8 Å². The van der Waals surface area contributed by atoms with Gasteiger partial charge in [0.25, 0.3) is 0 Å². The van der Waals surface area contributed by atoms with E-state index in [1.165, 1.54) is 0 Å². The molecule has 40 valence electrons. The molecule has 0 unspecified atom stereocenters. The number of hydrogen-bond donors (Lipinski definition) is 1. The Kier molecular flexibility index (Phi) is 25.1. The normalized spacial score (nSPS) is 7.50. The van der Waals surface area contributed by atoms with Crippen LogP contribution < -0.4 is 14.4 Å². The predicted molar refractivity (Wildman–Crippen MR) is 15.7 cm³/mol. The van der Waals surface area contributed by atoms with Gasteiger partial charge >= 0.3 is 57.2 Å². The molecule has 5 nitrogen and oxygen atoms in total. The second kappa shape index (κ2) is 8.90. The second-order valence-corrected chi connectivity index (χ2v) is 1.57. The summed E-state index contributed by atoms with van der Waals surface area (Å²) in [5.74, 6) is 0. The van der Waals surface area contributed by atoms with Gasteiger partial charge in [0.2, 0.25) is 0 Å². The minimum Gasteiger partial charge on any atom is -0.870 e. The van der Waals surface area contributed by atoms with E-state index < -0.39 is 9.05 Å². The Balaban J connectivity index is -0.0000000267. The fourth-order valence-corrected chi connectivity index (χ4v) is 0. The summed E-state index contributed by atoms with van der Waals surface area (Å²) in [6.07, 6.45) is 0. The van der Waals surface area contributed by atoms with Gasteiger partial charge in [-0.25, -0.2) is 0 Å². The third-order valence-corrected chi connectivity index (χ3v) is 0. The molecule has 0 atom stereocenters. The molecule has 0 radical (unpaired) electrons. The molecule has 0 spiro atoms. The summed E-state index contributed by atoms with van der Waals surface area (Å²) in [6, 6.07) is 0. The SMILES string of the molecule is [Ca+2].[O-][Si]([O-])([O-])O.[OH-].[Zn+2]. The van der Waals surface area contributed by atoms with Crippen LogP contribution in [0.15, 0.2) is 0 Å². The van der Waals surface area contributed by atoms with Crippen LogP contribution >= 0.6 is 0 Å². The summed E-state index contributed by atoms with van der Waals surface area (Å²) >= 11 is 0. The minimum absolute atomic E-state index is 0. The van der Waals surface area contributed by atoms with Crippen LogP contribution in [0.5, 0.6) is 0 Å². The Hall–Kier alpha value is 1.90. The zero-order chi connectivity index (χ0) is 4.50. The molecule has 8 heteroatoms. The molecule has 0 bridgehead atoms. The predicted octanol–water partition coefficient (Wildman–Crippen LogP) is -5.06. The first kappa shape index (κ1) is 22.5. The fourth-order valence-electron chi connectivity index (χ4n) is 0. The Morgan fingerprint density at radius 1 is 1.12 bits per heavy atom. The summed E-state index contributed by atoms with van der Waals surface area (Å²) < 4.78 is 0. The van der Waals surface area contributed by atoms with Crippen molar-refractivity contribution in [1.29, 1.82) is 0 Å². The van der Waals surface area contributed by atoms with E-state index in [4.69, 9.17) is 19.2 Å². The van der Waals surface area contributed by atoms with Crippen LogP contribution in [0.4, 0.5) is 0 Å². The molecule has 0 aromatic carbocycles. The van der Waals surface area contributed by atoms with Crippen molar-refractivity contribution in [3.05, 3.63) is 0 Å². The van der Waals surface area contributed by atoms with Crippen molar-refractivity contribution in [3.8, 4) is 0 Å². The van der Waals surface area contributed by atoms with E-state index in [1.807, 2.05) is 0 Å². The first-order chi connectivity index (χ1) is 2.00. The van der Waals surface area contributed by atoms with Gasteiger partial charge in [-0.15, -0.1) is 9.05 Å². The maximum Gasteiger partial charge on any atom is 2.00 e. The fraction of sp³-hybridized carbons (Fsp3) is 0. The van der Waals surface area contributed by atoms with Crippen molar-refractivity contribution < 1.29 is 44.1 Å². The van der Waals surface area contributed by atoms with Gasteiger partial charge < -0.3 is 24.7 Å². The maximum absolute atomic E-state index is 8.69. The first-order valence-electron chi connectivity index (χ1n) is 0.836. The molecule has 8 heavy (non-hydrogen) atoms. The zero-order valence-electron chi connectivity index (χ0n) is 4.03. The maximum atomic E-state index is 8.69. The van der Waals surface area contributed by atoms with Gasteiger partial charge in [-0.2, -0.15) is 0 Å². The molecule has 0 fully saturated rings. The van der Waals surface area contributed by atoms with Crippen LogP contribution in [0.3, 0.4) is 0 Å². The van der Waals surface area contributed by atoms with Gasteiger partial charge in [-0.05, 0) is 0 Å². The van der Waals surface area contributed by atoms with E-state index >= 15 is 0 Å². The molecule has 0 aromatic heterocycles. The van der Waals surface area contributed by atoms with Crippen LogP contribution in [0, 0.1) is 0 Å². The molecule has 0 aliphatic rings. The van der Waals surface area contributed by atoms with Crippen LogP contribution in [-0.2, 0) is 19.5 Å². The van der Waals surface area contributed by atoms with E-state index in [9.17, 15) is 0 Å². The Morgan fingerprint density at radius 2 is 1.12 bits per heavy atom. The Labute approximate surface area is 89.9 Å². The van der Waals surface area contributed by atoms with E-state index in [0.717, 1.165) is 0 Å². The minimum atomic E-state index is -5.36. The van der Waals surface area contributed by atoms with E-state index in [-0.39, 0.29) is 62.7 Å². The zero-order valence-corrected chi connectivity index (χ0v) is 10.2. The van der Waals surface area contributed by atoms with Crippen molar-refractivity contribution in [2.75, 3.05) is 0 Å². The molecule has 0 aromatic rings. The average Bonchev–Trinajstić information content (AvgIpc) is 0.722. The Bertz CT molecular complexity index is 27.9. The largest absolute Gasteiger partial charge is 2.00 e. The van der Waals surface area contributed by atoms with Crippen molar-refractivity contribution in [2.24, 2.45) is 0 Å². The van der Waals surface area contributed by atoms with Crippen molar-refractivity contribution in [2.45, 2.75) is 0 Å².